The van der Waals surface area contributed by atoms with Gasteiger partial charge in [-0.15, -0.1) is 0 Å². The molecule has 6 heteroatoms. The average Bonchev–Trinajstić information content (AvgIpc) is 2.73. The number of aryl methyl sites for hydroxylation is 1. The van der Waals surface area contributed by atoms with Crippen LogP contribution < -0.4 is 0 Å². The average molecular weight is 223 g/mol. The van der Waals surface area contributed by atoms with Crippen molar-refractivity contribution in [3.63, 3.8) is 0 Å². The maximum atomic E-state index is 11.5. The maximum Gasteiger partial charge on any atom is 0.309 e. The highest BCUT2D eigenvalue weighted by Crippen LogP contribution is 2.36. The molecule has 0 radical (unpaired) electrons. The number of aliphatic carboxylic acids is 1. The number of likely N-dealkylation sites (tertiary alicyclic amines) is 1. The van der Waals surface area contributed by atoms with Crippen LogP contribution in [0.2, 0.25) is 0 Å². The van der Waals surface area contributed by atoms with E-state index in [2.05, 4.69) is 5.10 Å². The van der Waals surface area contributed by atoms with Crippen LogP contribution in [0.5, 0.6) is 0 Å². The Kier molecular flexibility index (Phi) is 2.41. The zero-order chi connectivity index (χ0) is 11.9. The van der Waals surface area contributed by atoms with Gasteiger partial charge in [0, 0.05) is 26.7 Å². The van der Waals surface area contributed by atoms with E-state index in [-0.39, 0.29) is 12.3 Å². The van der Waals surface area contributed by atoms with E-state index in [0.717, 1.165) is 5.69 Å². The first-order valence-corrected chi connectivity index (χ1v) is 4.98. The fourth-order valence-electron chi connectivity index (χ4n) is 2.17. The molecule has 1 fully saturated rings. The Morgan fingerprint density at radius 2 is 2.25 bits per heavy atom. The van der Waals surface area contributed by atoms with E-state index in [1.807, 2.05) is 0 Å². The zero-order valence-electron chi connectivity index (χ0n) is 9.12. The molecule has 1 saturated heterocycles. The molecule has 0 saturated carbocycles. The van der Waals surface area contributed by atoms with Crippen LogP contribution in [0, 0.1) is 5.92 Å². The third kappa shape index (κ3) is 1.46. The van der Waals surface area contributed by atoms with E-state index in [0.29, 0.717) is 0 Å². The summed E-state index contributed by atoms with van der Waals surface area (Å²) in [6.07, 6.45) is 1.66. The van der Waals surface area contributed by atoms with Crippen molar-refractivity contribution in [1.29, 1.82) is 0 Å². The summed E-state index contributed by atoms with van der Waals surface area (Å²) in [6.45, 7) is 0. The predicted molar refractivity (Wildman–Crippen MR) is 54.5 cm³/mol. The van der Waals surface area contributed by atoms with Crippen molar-refractivity contribution in [1.82, 2.24) is 14.7 Å². The molecule has 0 bridgehead atoms. The van der Waals surface area contributed by atoms with Gasteiger partial charge in [0.05, 0.1) is 17.7 Å². The van der Waals surface area contributed by atoms with Gasteiger partial charge in [-0.2, -0.15) is 5.10 Å². The molecule has 0 spiro atoms. The SMILES string of the molecule is CN1C(=O)CC(C(=O)O)C1c1ccnn1C. The Labute approximate surface area is 92.5 Å². The van der Waals surface area contributed by atoms with Gasteiger partial charge in [-0.1, -0.05) is 0 Å². The minimum Gasteiger partial charge on any atom is -0.481 e. The fraction of sp³-hybridized carbons (Fsp3) is 0.500. The van der Waals surface area contributed by atoms with Gasteiger partial charge < -0.3 is 10.0 Å². The van der Waals surface area contributed by atoms with Crippen molar-refractivity contribution in [2.45, 2.75) is 12.5 Å². The fourth-order valence-corrected chi connectivity index (χ4v) is 2.17. The highest BCUT2D eigenvalue weighted by atomic mass is 16.4. The maximum absolute atomic E-state index is 11.5. The smallest absolute Gasteiger partial charge is 0.309 e. The van der Waals surface area contributed by atoms with Crippen LogP contribution in [0.4, 0.5) is 0 Å². The molecule has 1 N–H and O–H groups in total. The van der Waals surface area contributed by atoms with Crippen LogP contribution >= 0.6 is 0 Å². The first kappa shape index (κ1) is 10.7. The Morgan fingerprint density at radius 3 is 2.75 bits per heavy atom. The summed E-state index contributed by atoms with van der Waals surface area (Å²) < 4.78 is 1.61. The lowest BCUT2D eigenvalue weighted by molar-refractivity contribution is -0.142. The Hall–Kier alpha value is -1.85. The highest BCUT2D eigenvalue weighted by Gasteiger charge is 2.43. The van der Waals surface area contributed by atoms with Gasteiger partial charge in [0.1, 0.15) is 0 Å². The molecule has 2 rings (SSSR count). The van der Waals surface area contributed by atoms with Gasteiger partial charge in [-0.25, -0.2) is 0 Å². The summed E-state index contributed by atoms with van der Waals surface area (Å²) >= 11 is 0. The second kappa shape index (κ2) is 3.62. The number of carboxylic acid groups (broad SMARTS) is 1. The Bertz CT molecular complexity index is 440. The molecule has 1 aromatic heterocycles. The largest absolute Gasteiger partial charge is 0.481 e. The van der Waals surface area contributed by atoms with Crippen LogP contribution in [0.25, 0.3) is 0 Å². The second-order valence-electron chi connectivity index (χ2n) is 3.98. The van der Waals surface area contributed by atoms with Crippen molar-refractivity contribution in [2.24, 2.45) is 13.0 Å². The summed E-state index contributed by atoms with van der Waals surface area (Å²) in [5, 5.41) is 13.1. The number of hydrogen-bond acceptors (Lipinski definition) is 3. The summed E-state index contributed by atoms with van der Waals surface area (Å²) in [7, 11) is 3.37. The van der Waals surface area contributed by atoms with Gasteiger partial charge >= 0.3 is 5.97 Å². The van der Waals surface area contributed by atoms with Gasteiger partial charge in [0.25, 0.3) is 0 Å². The third-order valence-electron chi connectivity index (χ3n) is 3.07. The lowest BCUT2D eigenvalue weighted by Gasteiger charge is -2.22. The standard InChI is InChI=1S/C10H13N3O3/c1-12-8(14)5-6(10(15)16)9(12)7-3-4-11-13(7)2/h3-4,6,9H,5H2,1-2H3,(H,15,16). The van der Waals surface area contributed by atoms with Crippen LogP contribution in [0.15, 0.2) is 12.3 Å². The highest BCUT2D eigenvalue weighted by molar-refractivity contribution is 5.87. The topological polar surface area (TPSA) is 75.4 Å². The van der Waals surface area contributed by atoms with Crippen LogP contribution in [-0.2, 0) is 16.6 Å². The molecular formula is C10H13N3O3. The van der Waals surface area contributed by atoms with E-state index < -0.39 is 17.9 Å². The lowest BCUT2D eigenvalue weighted by Crippen LogP contribution is -2.28. The molecule has 2 unspecified atom stereocenters. The van der Waals surface area contributed by atoms with E-state index >= 15 is 0 Å². The molecule has 0 aliphatic carbocycles. The van der Waals surface area contributed by atoms with Crippen LogP contribution in [0.1, 0.15) is 18.2 Å². The molecule has 6 nitrogen and oxygen atoms in total. The second-order valence-corrected chi connectivity index (χ2v) is 3.98. The zero-order valence-corrected chi connectivity index (χ0v) is 9.12. The summed E-state index contributed by atoms with van der Waals surface area (Å²) in [5.41, 5.74) is 0.751. The van der Waals surface area contributed by atoms with Crippen molar-refractivity contribution in [3.05, 3.63) is 18.0 Å². The summed E-state index contributed by atoms with van der Waals surface area (Å²) in [6, 6.07) is 1.33. The number of nitrogens with zero attached hydrogens (tertiary/aromatic N) is 3. The van der Waals surface area contributed by atoms with Crippen molar-refractivity contribution in [2.75, 3.05) is 7.05 Å². The van der Waals surface area contributed by atoms with Crippen LogP contribution in [0.3, 0.4) is 0 Å². The molecular weight excluding hydrogens is 210 g/mol. The quantitative estimate of drug-likeness (QED) is 0.767. The van der Waals surface area contributed by atoms with Crippen molar-refractivity contribution < 1.29 is 14.7 Å². The monoisotopic (exact) mass is 223 g/mol. The predicted octanol–water partition coefficient (Wildman–Crippen LogP) is 0.0241. The molecule has 1 aromatic rings. The summed E-state index contributed by atoms with van der Waals surface area (Å²) in [4.78, 5) is 24.1. The third-order valence-corrected chi connectivity index (χ3v) is 3.07. The number of hydrogen-bond donors (Lipinski definition) is 1. The molecule has 2 atom stereocenters. The molecule has 0 aromatic carbocycles. The van der Waals surface area contributed by atoms with Crippen LogP contribution in [-0.4, -0.2) is 38.7 Å². The van der Waals surface area contributed by atoms with E-state index in [4.69, 9.17) is 5.11 Å². The number of carbonyl (C=O) groups is 2. The van der Waals surface area contributed by atoms with Crippen molar-refractivity contribution in [3.8, 4) is 0 Å². The molecule has 1 aliphatic rings. The number of carbonyl (C=O) groups excluding carboxylic acids is 1. The number of carboxylic acids is 1. The Balaban J connectivity index is 2.40. The van der Waals surface area contributed by atoms with E-state index in [1.54, 1.807) is 31.0 Å². The lowest BCUT2D eigenvalue weighted by atomic mass is 9.98. The first-order valence-electron chi connectivity index (χ1n) is 4.98. The van der Waals surface area contributed by atoms with Gasteiger partial charge in [0.15, 0.2) is 0 Å². The van der Waals surface area contributed by atoms with Crippen molar-refractivity contribution >= 4 is 11.9 Å². The minimum absolute atomic E-state index is 0.0572. The van der Waals surface area contributed by atoms with E-state index in [9.17, 15) is 9.59 Å². The Morgan fingerprint density at radius 1 is 1.56 bits per heavy atom. The molecule has 86 valence electrons. The van der Waals surface area contributed by atoms with Gasteiger partial charge in [-0.05, 0) is 6.07 Å². The van der Waals surface area contributed by atoms with E-state index in [1.165, 1.54) is 4.90 Å². The molecule has 2 heterocycles. The molecule has 16 heavy (non-hydrogen) atoms. The number of amides is 1. The molecule has 1 aliphatic heterocycles. The number of aromatic nitrogens is 2. The van der Waals surface area contributed by atoms with Gasteiger partial charge in [0.2, 0.25) is 5.91 Å². The normalized spacial score (nSPS) is 25.1. The summed E-state index contributed by atoms with van der Waals surface area (Å²) in [5.74, 6) is -1.77. The first-order chi connectivity index (χ1) is 7.52. The minimum atomic E-state index is -0.941. The number of rotatable bonds is 2. The molecule has 1 amide bonds. The van der Waals surface area contributed by atoms with Gasteiger partial charge in [-0.3, -0.25) is 14.3 Å².